The standard InChI is InChI=1S/C62H109NO8/c1-9-12-13-14-15-16-17-18-19-23-42-68-58(66)60(6,38-27-39-61(7,59(67)69-46-47(4)5)36-25-29-49(10-2)51-33-34-53-54(44-51)70-53)37-26-30-50(57(65)71-55-43-48-35-40-62(55,8)45-48)28-24-31-52(11-3)63-41-22-20-21-32-56(63)64/h47-55H,9-46H2,1-8H3. The van der Waals surface area contributed by atoms with Crippen LogP contribution in [0.2, 0.25) is 0 Å². The van der Waals surface area contributed by atoms with Crippen molar-refractivity contribution in [2.75, 3.05) is 19.8 Å². The molecule has 0 aromatic rings. The molecular weight excluding hydrogens is 887 g/mol. The number of fused-ring (bicyclic) bond motifs is 3. The Kier molecular flexibility index (Phi) is 25.6. The van der Waals surface area contributed by atoms with E-state index in [4.69, 9.17) is 18.9 Å². The minimum absolute atomic E-state index is 0.0119. The fourth-order valence-electron chi connectivity index (χ4n) is 13.9. The van der Waals surface area contributed by atoms with Crippen molar-refractivity contribution in [1.29, 1.82) is 0 Å². The Morgan fingerprint density at radius 2 is 1.35 bits per heavy atom. The van der Waals surface area contributed by atoms with Gasteiger partial charge in [-0.05, 0) is 153 Å². The second kappa shape index (κ2) is 30.4. The Hall–Kier alpha value is -2.16. The average molecular weight is 997 g/mol. The van der Waals surface area contributed by atoms with Gasteiger partial charge < -0.3 is 23.8 Å². The lowest BCUT2D eigenvalue weighted by atomic mass is 9.73. The molecule has 9 heteroatoms. The Morgan fingerprint density at radius 3 is 1.97 bits per heavy atom. The van der Waals surface area contributed by atoms with Crippen molar-refractivity contribution >= 4 is 23.8 Å². The number of nitrogens with zero attached hydrogens (tertiary/aromatic N) is 1. The molecule has 0 spiro atoms. The van der Waals surface area contributed by atoms with Gasteiger partial charge in [-0.3, -0.25) is 19.2 Å². The first-order valence-electron chi connectivity index (χ1n) is 30.6. The van der Waals surface area contributed by atoms with Gasteiger partial charge in [0.2, 0.25) is 5.91 Å². The quantitative estimate of drug-likeness (QED) is 0.0262. The van der Waals surface area contributed by atoms with E-state index in [2.05, 4.69) is 60.3 Å². The zero-order valence-corrected chi connectivity index (χ0v) is 47.3. The molecule has 2 bridgehead atoms. The summed E-state index contributed by atoms with van der Waals surface area (Å²) in [5.74, 6) is 2.01. The molecule has 3 aliphatic carbocycles. The number of carbonyl (C=O) groups is 4. The zero-order chi connectivity index (χ0) is 51.3. The maximum Gasteiger partial charge on any atom is 0.311 e. The first-order chi connectivity index (χ1) is 34.1. The smallest absolute Gasteiger partial charge is 0.311 e. The van der Waals surface area contributed by atoms with E-state index in [1.165, 1.54) is 77.0 Å². The Balaban J connectivity index is 1.23. The lowest BCUT2D eigenvalue weighted by Gasteiger charge is -2.33. The molecule has 3 saturated carbocycles. The third-order valence-electron chi connectivity index (χ3n) is 18.9. The highest BCUT2D eigenvalue weighted by molar-refractivity contribution is 5.78. The van der Waals surface area contributed by atoms with Gasteiger partial charge in [0.15, 0.2) is 0 Å². The normalized spacial score (nSPS) is 27.0. The molecule has 2 aliphatic heterocycles. The summed E-state index contributed by atoms with van der Waals surface area (Å²) in [5, 5.41) is 0. The number of carbonyl (C=O) groups excluding carboxylic acids is 4. The number of esters is 3. The van der Waals surface area contributed by atoms with Crippen LogP contribution in [0.1, 0.15) is 280 Å². The van der Waals surface area contributed by atoms with Crippen LogP contribution in [-0.2, 0) is 38.1 Å². The van der Waals surface area contributed by atoms with Crippen molar-refractivity contribution < 1.29 is 38.1 Å². The van der Waals surface area contributed by atoms with E-state index in [1.54, 1.807) is 0 Å². The van der Waals surface area contributed by atoms with Crippen molar-refractivity contribution in [2.45, 2.75) is 304 Å². The van der Waals surface area contributed by atoms with Gasteiger partial charge in [0.25, 0.3) is 0 Å². The third kappa shape index (κ3) is 19.2. The van der Waals surface area contributed by atoms with Gasteiger partial charge in [-0.1, -0.05) is 144 Å². The largest absolute Gasteiger partial charge is 0.465 e. The van der Waals surface area contributed by atoms with E-state index in [1.807, 2.05) is 0 Å². The average Bonchev–Trinajstić information content (AvgIpc) is 4.00. The van der Waals surface area contributed by atoms with Crippen LogP contribution in [0.25, 0.3) is 0 Å². The van der Waals surface area contributed by atoms with Gasteiger partial charge in [0.1, 0.15) is 6.10 Å². The number of hydrogen-bond donors (Lipinski definition) is 0. The summed E-state index contributed by atoms with van der Waals surface area (Å²) >= 11 is 0. The Morgan fingerprint density at radius 1 is 0.704 bits per heavy atom. The molecule has 71 heavy (non-hydrogen) atoms. The number of hydrogen-bond acceptors (Lipinski definition) is 8. The van der Waals surface area contributed by atoms with Gasteiger partial charge in [0, 0.05) is 24.4 Å². The van der Waals surface area contributed by atoms with Crippen LogP contribution in [0.15, 0.2) is 0 Å². The SMILES string of the molecule is CCCCCCCCCCCCOC(=O)C(C)(CCCC(CCCC(CC)N1CCCCCC1=O)C(=O)OC1CC2CCC1(C)C2)CCCC(C)(CCCC(CC)C1CCC2OC2C1)C(=O)OCC(C)C. The molecule has 11 atom stereocenters. The highest BCUT2D eigenvalue weighted by Crippen LogP contribution is 2.55. The molecule has 0 N–H and O–H groups in total. The molecule has 5 rings (SSSR count). The number of ether oxygens (including phenoxy) is 4. The minimum atomic E-state index is -0.745. The molecule has 0 aromatic heterocycles. The van der Waals surface area contributed by atoms with E-state index in [-0.39, 0.29) is 53.2 Å². The van der Waals surface area contributed by atoms with Crippen molar-refractivity contribution in [3.05, 3.63) is 0 Å². The molecule has 11 unspecified atom stereocenters. The van der Waals surface area contributed by atoms with Crippen LogP contribution in [-0.4, -0.2) is 72.8 Å². The lowest BCUT2D eigenvalue weighted by Crippen LogP contribution is -2.39. The molecule has 2 saturated heterocycles. The molecule has 9 nitrogen and oxygen atoms in total. The summed E-state index contributed by atoms with van der Waals surface area (Å²) in [6.45, 7) is 19.2. The van der Waals surface area contributed by atoms with Crippen LogP contribution in [0.4, 0.5) is 0 Å². The van der Waals surface area contributed by atoms with Crippen LogP contribution in [0.5, 0.6) is 0 Å². The maximum absolute atomic E-state index is 14.4. The van der Waals surface area contributed by atoms with E-state index in [0.29, 0.717) is 75.3 Å². The molecule has 1 amide bonds. The molecule has 2 heterocycles. The number of rotatable bonds is 37. The van der Waals surface area contributed by atoms with Gasteiger partial charge in [-0.2, -0.15) is 0 Å². The molecule has 5 aliphatic rings. The van der Waals surface area contributed by atoms with Crippen molar-refractivity contribution in [3.8, 4) is 0 Å². The van der Waals surface area contributed by atoms with Crippen molar-refractivity contribution in [1.82, 2.24) is 4.90 Å². The second-order valence-electron chi connectivity index (χ2n) is 25.5. The van der Waals surface area contributed by atoms with E-state index >= 15 is 0 Å². The summed E-state index contributed by atoms with van der Waals surface area (Å²) in [6, 6.07) is 0.203. The number of unbranched alkanes of at least 4 members (excludes halogenated alkanes) is 9. The van der Waals surface area contributed by atoms with Crippen LogP contribution in [0, 0.1) is 45.8 Å². The first-order valence-corrected chi connectivity index (χ1v) is 30.6. The molecule has 410 valence electrons. The maximum atomic E-state index is 14.4. The summed E-state index contributed by atoms with van der Waals surface area (Å²) in [6.07, 6.45) is 36.7. The van der Waals surface area contributed by atoms with Crippen molar-refractivity contribution in [3.63, 3.8) is 0 Å². The Bertz CT molecular complexity index is 1580. The Labute approximate surface area is 435 Å². The lowest BCUT2D eigenvalue weighted by molar-refractivity contribution is -0.161. The highest BCUT2D eigenvalue weighted by atomic mass is 16.6. The minimum Gasteiger partial charge on any atom is -0.465 e. The van der Waals surface area contributed by atoms with E-state index in [9.17, 15) is 19.2 Å². The highest BCUT2D eigenvalue weighted by Gasteiger charge is 2.51. The van der Waals surface area contributed by atoms with E-state index < -0.39 is 10.8 Å². The number of amides is 1. The van der Waals surface area contributed by atoms with Crippen LogP contribution >= 0.6 is 0 Å². The number of likely N-dealkylation sites (tertiary alicyclic amines) is 1. The molecular formula is C62H109NO8. The molecule has 5 fully saturated rings. The van der Waals surface area contributed by atoms with Gasteiger partial charge in [-0.25, -0.2) is 0 Å². The molecule has 0 aromatic carbocycles. The van der Waals surface area contributed by atoms with E-state index in [0.717, 1.165) is 122 Å². The van der Waals surface area contributed by atoms with Crippen LogP contribution < -0.4 is 0 Å². The van der Waals surface area contributed by atoms with Crippen LogP contribution in [0.3, 0.4) is 0 Å². The van der Waals surface area contributed by atoms with Gasteiger partial charge in [-0.15, -0.1) is 0 Å². The fraction of sp³-hybridized carbons (Fsp3) is 0.935. The summed E-state index contributed by atoms with van der Waals surface area (Å²) in [4.78, 5) is 58.1. The van der Waals surface area contributed by atoms with Gasteiger partial charge >= 0.3 is 17.9 Å². The summed E-state index contributed by atoms with van der Waals surface area (Å²) < 4.78 is 24.6. The molecule has 0 radical (unpaired) electrons. The third-order valence-corrected chi connectivity index (χ3v) is 18.9. The predicted octanol–water partition coefficient (Wildman–Crippen LogP) is 15.9. The topological polar surface area (TPSA) is 112 Å². The second-order valence-corrected chi connectivity index (χ2v) is 25.5. The predicted molar refractivity (Wildman–Crippen MR) is 288 cm³/mol. The van der Waals surface area contributed by atoms with Gasteiger partial charge in [0.05, 0.1) is 42.2 Å². The monoisotopic (exact) mass is 996 g/mol. The first kappa shape index (κ1) is 59.7. The fourth-order valence-corrected chi connectivity index (χ4v) is 13.9. The summed E-state index contributed by atoms with van der Waals surface area (Å²) in [7, 11) is 0. The number of epoxide rings is 1. The zero-order valence-electron chi connectivity index (χ0n) is 47.3. The van der Waals surface area contributed by atoms with Crippen molar-refractivity contribution in [2.24, 2.45) is 45.8 Å². The summed E-state index contributed by atoms with van der Waals surface area (Å²) in [5.41, 5.74) is -1.30.